The molecule has 1 unspecified atom stereocenters. The van der Waals surface area contributed by atoms with Crippen molar-refractivity contribution < 1.29 is 21.6 Å². The molecule has 1 atom stereocenters. The van der Waals surface area contributed by atoms with Gasteiger partial charge in [0.15, 0.2) is 5.82 Å². The minimum Gasteiger partial charge on any atom is -0.370 e. The second kappa shape index (κ2) is 9.32. The Hall–Kier alpha value is -2.63. The lowest BCUT2D eigenvalue weighted by Gasteiger charge is -2.29. The van der Waals surface area contributed by atoms with Crippen molar-refractivity contribution in [3.05, 3.63) is 69.8 Å². The quantitative estimate of drug-likeness (QED) is 0.526. The van der Waals surface area contributed by atoms with Gasteiger partial charge >= 0.3 is 0 Å². The Balaban J connectivity index is 1.49. The summed E-state index contributed by atoms with van der Waals surface area (Å²) in [5, 5.41) is 1.52. The van der Waals surface area contributed by atoms with Gasteiger partial charge in [-0.2, -0.15) is 0 Å². The smallest absolute Gasteiger partial charge is 0.266 e. The van der Waals surface area contributed by atoms with E-state index >= 15 is 4.39 Å². The van der Waals surface area contributed by atoms with Crippen molar-refractivity contribution in [1.29, 1.82) is 0 Å². The Morgan fingerprint density at radius 1 is 1.24 bits per heavy atom. The molecule has 0 bridgehead atoms. The summed E-state index contributed by atoms with van der Waals surface area (Å²) in [5.74, 6) is -1.61. The van der Waals surface area contributed by atoms with Gasteiger partial charge in [0.2, 0.25) is 0 Å². The van der Waals surface area contributed by atoms with Crippen molar-refractivity contribution in [2.75, 3.05) is 29.8 Å². The fraction of sp³-hybridized carbons (Fsp3) is 0.318. The van der Waals surface area contributed by atoms with Crippen molar-refractivity contribution in [2.24, 2.45) is 0 Å². The molecule has 176 valence electrons. The van der Waals surface area contributed by atoms with Crippen LogP contribution in [-0.2, 0) is 16.6 Å². The van der Waals surface area contributed by atoms with Gasteiger partial charge in [0.25, 0.3) is 10.0 Å². The molecule has 4 rings (SSSR count). The van der Waals surface area contributed by atoms with Crippen LogP contribution in [0.15, 0.2) is 46.1 Å². The van der Waals surface area contributed by atoms with Gasteiger partial charge in [0.05, 0.1) is 5.51 Å². The minimum atomic E-state index is -4.12. The average Bonchev–Trinajstić information content (AvgIpc) is 3.44. The van der Waals surface area contributed by atoms with Gasteiger partial charge in [-0.3, -0.25) is 9.62 Å². The van der Waals surface area contributed by atoms with E-state index in [0.717, 1.165) is 18.6 Å². The van der Waals surface area contributed by atoms with Crippen LogP contribution in [0.1, 0.15) is 17.5 Å². The highest BCUT2D eigenvalue weighted by Gasteiger charge is 2.29. The van der Waals surface area contributed by atoms with Crippen LogP contribution in [0.5, 0.6) is 0 Å². The monoisotopic (exact) mass is 496 g/mol. The van der Waals surface area contributed by atoms with Gasteiger partial charge < -0.3 is 4.90 Å². The summed E-state index contributed by atoms with van der Waals surface area (Å²) in [6.07, 6.45) is 0.750. The lowest BCUT2D eigenvalue weighted by Crippen LogP contribution is -2.35. The largest absolute Gasteiger partial charge is 0.370 e. The van der Waals surface area contributed by atoms with Crippen molar-refractivity contribution in [2.45, 2.75) is 30.8 Å². The van der Waals surface area contributed by atoms with E-state index in [9.17, 15) is 17.2 Å². The summed E-state index contributed by atoms with van der Waals surface area (Å²) >= 11 is 1.22. The first-order valence-electron chi connectivity index (χ1n) is 10.2. The van der Waals surface area contributed by atoms with Crippen LogP contribution in [0.25, 0.3) is 0 Å². The molecule has 11 heteroatoms. The molecule has 6 nitrogen and oxygen atoms in total. The number of likely N-dealkylation sites (tertiary alicyclic amines) is 1. The van der Waals surface area contributed by atoms with Crippen LogP contribution in [0.2, 0.25) is 0 Å². The molecule has 0 radical (unpaired) electrons. The van der Waals surface area contributed by atoms with Gasteiger partial charge in [0.1, 0.15) is 22.3 Å². The van der Waals surface area contributed by atoms with Crippen LogP contribution in [-0.4, -0.2) is 44.5 Å². The Labute approximate surface area is 194 Å². The van der Waals surface area contributed by atoms with Gasteiger partial charge in [-0.25, -0.2) is 26.6 Å². The van der Waals surface area contributed by atoms with Crippen molar-refractivity contribution in [1.82, 2.24) is 9.88 Å². The van der Waals surface area contributed by atoms with E-state index < -0.39 is 32.4 Å². The second-order valence-corrected chi connectivity index (χ2v) is 10.4. The van der Waals surface area contributed by atoms with Crippen LogP contribution in [0.4, 0.5) is 24.7 Å². The standard InChI is InChI=1S/C22H23F3N4O2S2/c1-14-19(5-6-20(22(14)25)33(30,31)27-21-12-32-13-26-21)28(2)17-7-8-29(11-17)10-15-9-16(23)3-4-18(15)24/h3-6,9,12-13,17,27H,7-8,10-11H2,1-2H3. The van der Waals surface area contributed by atoms with Gasteiger partial charge in [-0.05, 0) is 43.7 Å². The number of thiazole rings is 1. The van der Waals surface area contributed by atoms with E-state index in [1.807, 2.05) is 16.8 Å². The van der Waals surface area contributed by atoms with E-state index in [0.29, 0.717) is 24.3 Å². The Morgan fingerprint density at radius 2 is 2.03 bits per heavy atom. The van der Waals surface area contributed by atoms with Crippen LogP contribution >= 0.6 is 11.3 Å². The number of benzene rings is 2. The lowest BCUT2D eigenvalue weighted by molar-refractivity contribution is 0.319. The molecule has 1 N–H and O–H groups in total. The van der Waals surface area contributed by atoms with E-state index in [1.165, 1.54) is 41.3 Å². The number of nitrogens with one attached hydrogen (secondary N) is 1. The first-order chi connectivity index (χ1) is 15.7. The molecule has 33 heavy (non-hydrogen) atoms. The minimum absolute atomic E-state index is 0.00955. The van der Waals surface area contributed by atoms with Gasteiger partial charge in [0, 0.05) is 54.9 Å². The molecule has 0 amide bonds. The fourth-order valence-electron chi connectivity index (χ4n) is 4.07. The highest BCUT2D eigenvalue weighted by molar-refractivity contribution is 7.92. The maximum absolute atomic E-state index is 15.1. The summed E-state index contributed by atoms with van der Waals surface area (Å²) in [4.78, 5) is 7.35. The van der Waals surface area contributed by atoms with E-state index in [2.05, 4.69) is 9.71 Å². The Kier molecular flexibility index (Phi) is 6.64. The van der Waals surface area contributed by atoms with E-state index in [1.54, 1.807) is 6.07 Å². The molecule has 1 aliphatic heterocycles. The van der Waals surface area contributed by atoms with Gasteiger partial charge in [-0.15, -0.1) is 11.3 Å². The number of hydrogen-bond donors (Lipinski definition) is 1. The first kappa shape index (κ1) is 23.5. The van der Waals surface area contributed by atoms with E-state index in [-0.39, 0.29) is 24.0 Å². The predicted octanol–water partition coefficient (Wildman–Crippen LogP) is 4.38. The van der Waals surface area contributed by atoms with Crippen molar-refractivity contribution in [3.63, 3.8) is 0 Å². The molecule has 0 spiro atoms. The number of nitrogens with zero attached hydrogens (tertiary/aromatic N) is 3. The molecule has 1 aromatic heterocycles. The molecule has 0 saturated carbocycles. The maximum atomic E-state index is 15.1. The molecule has 2 aromatic carbocycles. The maximum Gasteiger partial charge on any atom is 0.266 e. The van der Waals surface area contributed by atoms with Crippen LogP contribution < -0.4 is 9.62 Å². The third-order valence-corrected chi connectivity index (χ3v) is 7.82. The predicted molar refractivity (Wildman–Crippen MR) is 123 cm³/mol. The zero-order valence-corrected chi connectivity index (χ0v) is 19.7. The topological polar surface area (TPSA) is 65.5 Å². The number of rotatable bonds is 7. The molecule has 2 heterocycles. The Morgan fingerprint density at radius 3 is 2.76 bits per heavy atom. The van der Waals surface area contributed by atoms with Gasteiger partial charge in [-0.1, -0.05) is 0 Å². The Bertz CT molecular complexity index is 1250. The van der Waals surface area contributed by atoms with Crippen molar-refractivity contribution >= 4 is 32.9 Å². The molecular weight excluding hydrogens is 473 g/mol. The van der Waals surface area contributed by atoms with Crippen molar-refractivity contribution in [3.8, 4) is 0 Å². The lowest BCUT2D eigenvalue weighted by atomic mass is 10.1. The summed E-state index contributed by atoms with van der Waals surface area (Å²) < 4.78 is 70.1. The molecule has 1 saturated heterocycles. The highest BCUT2D eigenvalue weighted by atomic mass is 32.2. The molecule has 1 aliphatic rings. The van der Waals surface area contributed by atoms with Crippen LogP contribution in [0.3, 0.4) is 0 Å². The SMILES string of the molecule is Cc1c(N(C)C2CCN(Cc3cc(F)ccc3F)C2)ccc(S(=O)(=O)Nc2cscn2)c1F. The fourth-order valence-corrected chi connectivity index (χ4v) is 5.76. The first-order valence-corrected chi connectivity index (χ1v) is 12.7. The summed E-state index contributed by atoms with van der Waals surface area (Å²) in [7, 11) is -2.30. The summed E-state index contributed by atoms with van der Waals surface area (Å²) in [6.45, 7) is 3.08. The summed E-state index contributed by atoms with van der Waals surface area (Å²) in [6, 6.07) is 6.25. The zero-order chi connectivity index (χ0) is 23.8. The summed E-state index contributed by atoms with van der Waals surface area (Å²) in [5.41, 5.74) is 2.56. The number of halogens is 3. The third-order valence-electron chi connectivity index (χ3n) is 5.86. The normalized spacial score (nSPS) is 16.8. The molecule has 0 aliphatic carbocycles. The van der Waals surface area contributed by atoms with Crippen LogP contribution in [0, 0.1) is 24.4 Å². The molecule has 1 fully saturated rings. The number of hydrogen-bond acceptors (Lipinski definition) is 6. The zero-order valence-electron chi connectivity index (χ0n) is 18.1. The number of likely N-dealkylation sites (N-methyl/N-ethyl adjacent to an activating group) is 1. The van der Waals surface area contributed by atoms with E-state index in [4.69, 9.17) is 0 Å². The number of anilines is 2. The molecular formula is C22H23F3N4O2S2. The average molecular weight is 497 g/mol. The number of sulfonamides is 1. The number of aromatic nitrogens is 1. The highest BCUT2D eigenvalue weighted by Crippen LogP contribution is 2.31. The second-order valence-electron chi connectivity index (χ2n) is 8.03. The third kappa shape index (κ3) is 4.99. The molecule has 3 aromatic rings.